The van der Waals surface area contributed by atoms with Crippen LogP contribution < -0.4 is 5.56 Å². The smallest absolute Gasteiger partial charge is 0.296 e. The van der Waals surface area contributed by atoms with Gasteiger partial charge in [-0.15, -0.1) is 10.2 Å². The van der Waals surface area contributed by atoms with Gasteiger partial charge in [0.05, 0.1) is 12.1 Å². The summed E-state index contributed by atoms with van der Waals surface area (Å²) in [6.45, 7) is 4.92. The minimum absolute atomic E-state index is 0.0290. The standard InChI is InChI=1S/C21H22FN5O4/c1-21(2)20-24-17(15(28)8-5-13-3-6-14(22)7-4-13)18(29)19(30)27(20)10-9-26(21)11-16-25-23-12-31-16/h3-4,6-7,12,29H,5,8-11H2,1-2H3. The van der Waals surface area contributed by atoms with Gasteiger partial charge in [-0.2, -0.15) is 0 Å². The third kappa shape index (κ3) is 3.98. The molecule has 0 spiro atoms. The highest BCUT2D eigenvalue weighted by atomic mass is 19.1. The molecule has 0 amide bonds. The van der Waals surface area contributed by atoms with Crippen molar-refractivity contribution >= 4 is 5.78 Å². The third-order valence-electron chi connectivity index (χ3n) is 5.63. The monoisotopic (exact) mass is 427 g/mol. The van der Waals surface area contributed by atoms with Crippen molar-refractivity contribution in [2.45, 2.75) is 45.3 Å². The fraction of sp³-hybridized carbons (Fsp3) is 0.381. The average Bonchev–Trinajstić information content (AvgIpc) is 3.25. The Morgan fingerprint density at radius 3 is 2.68 bits per heavy atom. The molecule has 0 unspecified atom stereocenters. The van der Waals surface area contributed by atoms with Gasteiger partial charge in [0.25, 0.3) is 5.56 Å². The Hall–Kier alpha value is -3.40. The zero-order chi connectivity index (χ0) is 22.2. The zero-order valence-electron chi connectivity index (χ0n) is 17.2. The van der Waals surface area contributed by atoms with Crippen molar-refractivity contribution in [3.63, 3.8) is 0 Å². The molecule has 0 atom stereocenters. The van der Waals surface area contributed by atoms with Gasteiger partial charge in [0.2, 0.25) is 18.0 Å². The minimum Gasteiger partial charge on any atom is -0.501 e. The van der Waals surface area contributed by atoms with E-state index in [1.54, 1.807) is 12.1 Å². The van der Waals surface area contributed by atoms with Gasteiger partial charge < -0.3 is 9.52 Å². The van der Waals surface area contributed by atoms with Crippen molar-refractivity contribution in [3.8, 4) is 5.75 Å². The molecule has 2 aromatic heterocycles. The number of aryl methyl sites for hydroxylation is 1. The van der Waals surface area contributed by atoms with Gasteiger partial charge >= 0.3 is 0 Å². The van der Waals surface area contributed by atoms with Gasteiger partial charge in [-0.25, -0.2) is 9.37 Å². The number of ketones is 1. The fourth-order valence-electron chi connectivity index (χ4n) is 3.79. The highest BCUT2D eigenvalue weighted by Gasteiger charge is 2.39. The van der Waals surface area contributed by atoms with Crippen LogP contribution in [0, 0.1) is 5.82 Å². The molecule has 1 aliphatic heterocycles. The summed E-state index contributed by atoms with van der Waals surface area (Å²) in [5.74, 6) is -0.644. The number of hydrogen-bond donors (Lipinski definition) is 1. The maximum Gasteiger partial charge on any atom is 0.296 e. The zero-order valence-corrected chi connectivity index (χ0v) is 17.2. The molecular weight excluding hydrogens is 405 g/mol. The van der Waals surface area contributed by atoms with Crippen molar-refractivity contribution in [3.05, 3.63) is 69.8 Å². The van der Waals surface area contributed by atoms with Crippen LogP contribution in [0.5, 0.6) is 5.75 Å². The first kappa shape index (κ1) is 20.9. The Morgan fingerprint density at radius 2 is 2.00 bits per heavy atom. The number of hydrogen-bond acceptors (Lipinski definition) is 8. The number of aromatic hydroxyl groups is 1. The topological polar surface area (TPSA) is 114 Å². The average molecular weight is 427 g/mol. The quantitative estimate of drug-likeness (QED) is 0.595. The predicted octanol–water partition coefficient (Wildman–Crippen LogP) is 2.04. The second-order valence-electron chi connectivity index (χ2n) is 7.95. The predicted molar refractivity (Wildman–Crippen MR) is 107 cm³/mol. The van der Waals surface area contributed by atoms with Crippen LogP contribution in [0.3, 0.4) is 0 Å². The maximum absolute atomic E-state index is 13.1. The number of carbonyl (C=O) groups is 1. The molecule has 9 nitrogen and oxygen atoms in total. The molecule has 0 bridgehead atoms. The molecule has 3 heterocycles. The largest absolute Gasteiger partial charge is 0.501 e. The molecule has 0 aliphatic carbocycles. The summed E-state index contributed by atoms with van der Waals surface area (Å²) in [6, 6.07) is 5.83. The Kier molecular flexibility index (Phi) is 5.40. The van der Waals surface area contributed by atoms with Crippen molar-refractivity contribution in [2.75, 3.05) is 6.54 Å². The lowest BCUT2D eigenvalue weighted by Gasteiger charge is -2.42. The van der Waals surface area contributed by atoms with Gasteiger partial charge in [0, 0.05) is 19.5 Å². The molecule has 1 aromatic carbocycles. The van der Waals surface area contributed by atoms with Gasteiger partial charge in [0.15, 0.2) is 11.5 Å². The van der Waals surface area contributed by atoms with Crippen molar-refractivity contribution in [2.24, 2.45) is 0 Å². The Labute approximate surface area is 177 Å². The van der Waals surface area contributed by atoms with Crippen molar-refractivity contribution in [1.82, 2.24) is 24.6 Å². The maximum atomic E-state index is 13.1. The highest BCUT2D eigenvalue weighted by Crippen LogP contribution is 2.32. The summed E-state index contributed by atoms with van der Waals surface area (Å²) in [4.78, 5) is 32.0. The number of benzene rings is 1. The van der Waals surface area contributed by atoms with E-state index < -0.39 is 22.6 Å². The molecule has 0 fully saturated rings. The first-order chi connectivity index (χ1) is 14.8. The van der Waals surface area contributed by atoms with Crippen LogP contribution in [0.4, 0.5) is 4.39 Å². The molecular formula is C21H22FN5O4. The number of fused-ring (bicyclic) bond motifs is 1. The second kappa shape index (κ2) is 8.03. The molecule has 1 N–H and O–H groups in total. The molecule has 3 aromatic rings. The number of rotatable bonds is 6. The van der Waals surface area contributed by atoms with E-state index in [1.807, 2.05) is 18.7 Å². The molecule has 0 saturated carbocycles. The van der Waals surface area contributed by atoms with Gasteiger partial charge in [0.1, 0.15) is 11.6 Å². The van der Waals surface area contributed by atoms with Crippen LogP contribution in [0.25, 0.3) is 0 Å². The summed E-state index contributed by atoms with van der Waals surface area (Å²) in [7, 11) is 0. The summed E-state index contributed by atoms with van der Waals surface area (Å²) >= 11 is 0. The van der Waals surface area contributed by atoms with Crippen LogP contribution in [0.1, 0.15) is 48.0 Å². The van der Waals surface area contributed by atoms with Crippen LogP contribution >= 0.6 is 0 Å². The van der Waals surface area contributed by atoms with Gasteiger partial charge in [-0.05, 0) is 38.0 Å². The number of carbonyl (C=O) groups excluding carboxylic acids is 1. The van der Waals surface area contributed by atoms with Gasteiger partial charge in [-0.3, -0.25) is 19.1 Å². The Balaban J connectivity index is 1.62. The molecule has 4 rings (SSSR count). The number of nitrogens with zero attached hydrogens (tertiary/aromatic N) is 5. The van der Waals surface area contributed by atoms with E-state index in [0.717, 1.165) is 5.56 Å². The van der Waals surface area contributed by atoms with E-state index in [4.69, 9.17) is 4.42 Å². The number of halogens is 1. The summed E-state index contributed by atoms with van der Waals surface area (Å²) in [5.41, 5.74) is -0.840. The molecule has 162 valence electrons. The Morgan fingerprint density at radius 1 is 1.26 bits per heavy atom. The lowest BCUT2D eigenvalue weighted by molar-refractivity contribution is 0.0566. The first-order valence-corrected chi connectivity index (χ1v) is 9.89. The van der Waals surface area contributed by atoms with Gasteiger partial charge in [-0.1, -0.05) is 12.1 Å². The number of aromatic nitrogens is 4. The van der Waals surface area contributed by atoms with E-state index in [-0.39, 0.29) is 17.9 Å². The molecule has 10 heteroatoms. The van der Waals surface area contributed by atoms with Crippen LogP contribution in [0.15, 0.2) is 39.9 Å². The normalized spacial score (nSPS) is 15.6. The third-order valence-corrected chi connectivity index (χ3v) is 5.63. The Bertz CT molecular complexity index is 1160. The molecule has 0 saturated heterocycles. The van der Waals surface area contributed by atoms with Crippen molar-refractivity contribution < 1.29 is 18.7 Å². The van der Waals surface area contributed by atoms with E-state index in [2.05, 4.69) is 15.2 Å². The lowest BCUT2D eigenvalue weighted by Crippen LogP contribution is -2.52. The van der Waals surface area contributed by atoms with E-state index in [1.165, 1.54) is 23.1 Å². The first-order valence-electron chi connectivity index (χ1n) is 9.89. The number of Topliss-reactive ketones (excluding diaryl/α,β-unsaturated/α-hetero) is 1. The summed E-state index contributed by atoms with van der Waals surface area (Å²) < 4.78 is 19.7. The lowest BCUT2D eigenvalue weighted by atomic mass is 9.97. The molecule has 1 aliphatic rings. The summed E-state index contributed by atoms with van der Waals surface area (Å²) in [5, 5.41) is 18.0. The highest BCUT2D eigenvalue weighted by molar-refractivity contribution is 5.96. The molecule has 0 radical (unpaired) electrons. The minimum atomic E-state index is -0.731. The summed E-state index contributed by atoms with van der Waals surface area (Å²) in [6.07, 6.45) is 1.62. The van der Waals surface area contributed by atoms with E-state index in [0.29, 0.717) is 37.8 Å². The van der Waals surface area contributed by atoms with Crippen molar-refractivity contribution in [1.29, 1.82) is 0 Å². The molecule has 31 heavy (non-hydrogen) atoms. The SMILES string of the molecule is CC1(C)c2nc(C(=O)CCc3ccc(F)cc3)c(O)c(=O)n2CCN1Cc1nnco1. The van der Waals surface area contributed by atoms with E-state index >= 15 is 0 Å². The second-order valence-corrected chi connectivity index (χ2v) is 7.95. The van der Waals surface area contributed by atoms with Crippen LogP contribution in [0.2, 0.25) is 0 Å². The van der Waals surface area contributed by atoms with Crippen LogP contribution in [-0.2, 0) is 25.0 Å². The van der Waals surface area contributed by atoms with E-state index in [9.17, 15) is 19.1 Å². The fourth-order valence-corrected chi connectivity index (χ4v) is 3.79. The van der Waals surface area contributed by atoms with Crippen LogP contribution in [-0.4, -0.2) is 42.1 Å².